The van der Waals surface area contributed by atoms with Gasteiger partial charge in [0.05, 0.1) is 0 Å². The Balaban J connectivity index is 2.80. The summed E-state index contributed by atoms with van der Waals surface area (Å²) >= 11 is 0. The molecule has 1 rings (SSSR count). The fourth-order valence-electron chi connectivity index (χ4n) is 1.33. The van der Waals surface area contributed by atoms with Crippen LogP contribution in [0.1, 0.15) is 26.6 Å². The van der Waals surface area contributed by atoms with Crippen LogP contribution in [-0.4, -0.2) is 22.6 Å². The maximum Gasteiger partial charge on any atom is 0.252 e. The van der Waals surface area contributed by atoms with Gasteiger partial charge in [0.2, 0.25) is 0 Å². The minimum Gasteiger partial charge on any atom is -0.367 e. The van der Waals surface area contributed by atoms with Gasteiger partial charge in [0.15, 0.2) is 0 Å². The van der Waals surface area contributed by atoms with Gasteiger partial charge in [-0.1, -0.05) is 13.8 Å². The van der Waals surface area contributed by atoms with Crippen molar-refractivity contribution in [2.24, 2.45) is 11.7 Å². The van der Waals surface area contributed by atoms with Crippen molar-refractivity contribution in [1.82, 2.24) is 9.97 Å². The summed E-state index contributed by atoms with van der Waals surface area (Å²) in [6, 6.07) is 1.67. The number of hydrogen-bond donors (Lipinski definition) is 3. The summed E-state index contributed by atoms with van der Waals surface area (Å²) in [5.74, 6) is 1.65. The lowest BCUT2D eigenvalue weighted by atomic mass is 10.0. The van der Waals surface area contributed by atoms with Crippen molar-refractivity contribution < 1.29 is 0 Å². The van der Waals surface area contributed by atoms with Crippen LogP contribution in [0.5, 0.6) is 0 Å². The number of nitrogens with two attached hydrogens (primary N) is 1. The summed E-state index contributed by atoms with van der Waals surface area (Å²) in [6.07, 6.45) is 0.714. The first-order chi connectivity index (χ1) is 7.56. The van der Waals surface area contributed by atoms with E-state index in [2.05, 4.69) is 22.2 Å². The van der Waals surface area contributed by atoms with Crippen molar-refractivity contribution in [3.63, 3.8) is 0 Å². The monoisotopic (exact) mass is 224 g/mol. The fraction of sp³-hybridized carbons (Fsp3) is 0.636. The predicted molar refractivity (Wildman–Crippen MR) is 65.5 cm³/mol. The Labute approximate surface area is 95.5 Å². The van der Waals surface area contributed by atoms with E-state index in [9.17, 15) is 4.79 Å². The summed E-state index contributed by atoms with van der Waals surface area (Å²) < 4.78 is 0. The molecule has 2 unspecified atom stereocenters. The molecule has 4 N–H and O–H groups in total. The minimum absolute atomic E-state index is 0.123. The molecule has 0 saturated carbocycles. The molecule has 0 saturated heterocycles. The second-order valence-corrected chi connectivity index (χ2v) is 4.08. The third-order valence-corrected chi connectivity index (χ3v) is 2.73. The molecule has 0 radical (unpaired) electrons. The molecule has 0 bridgehead atoms. The van der Waals surface area contributed by atoms with E-state index in [4.69, 9.17) is 5.73 Å². The molecule has 0 amide bonds. The third-order valence-electron chi connectivity index (χ3n) is 2.73. The fourth-order valence-corrected chi connectivity index (χ4v) is 1.33. The Bertz CT molecular complexity index is 388. The van der Waals surface area contributed by atoms with Gasteiger partial charge in [-0.05, 0) is 19.4 Å². The zero-order chi connectivity index (χ0) is 12.1. The zero-order valence-electron chi connectivity index (χ0n) is 10.1. The number of aromatic amines is 1. The normalized spacial score (nSPS) is 14.5. The highest BCUT2D eigenvalue weighted by Crippen LogP contribution is 2.08. The van der Waals surface area contributed by atoms with Crippen LogP contribution in [0.15, 0.2) is 10.9 Å². The molecule has 90 valence electrons. The number of aryl methyl sites for hydroxylation is 1. The van der Waals surface area contributed by atoms with Gasteiger partial charge in [0.25, 0.3) is 5.56 Å². The van der Waals surface area contributed by atoms with Crippen LogP contribution in [0, 0.1) is 5.92 Å². The van der Waals surface area contributed by atoms with Gasteiger partial charge < -0.3 is 16.0 Å². The molecular formula is C11H20N4O. The van der Waals surface area contributed by atoms with Gasteiger partial charge in [-0.2, -0.15) is 0 Å². The second-order valence-electron chi connectivity index (χ2n) is 4.08. The first-order valence-electron chi connectivity index (χ1n) is 5.63. The molecule has 1 aromatic rings. The first-order valence-corrected chi connectivity index (χ1v) is 5.63. The average molecular weight is 224 g/mol. The number of aromatic nitrogens is 2. The number of H-pyrrole nitrogens is 1. The molecular weight excluding hydrogens is 204 g/mol. The van der Waals surface area contributed by atoms with Gasteiger partial charge in [-0.3, -0.25) is 4.79 Å². The molecule has 5 nitrogen and oxygen atoms in total. The van der Waals surface area contributed by atoms with Gasteiger partial charge in [0.1, 0.15) is 11.6 Å². The van der Waals surface area contributed by atoms with E-state index >= 15 is 0 Å². The van der Waals surface area contributed by atoms with E-state index in [1.165, 1.54) is 6.07 Å². The Hall–Kier alpha value is -1.36. The smallest absolute Gasteiger partial charge is 0.252 e. The second kappa shape index (κ2) is 5.65. The largest absolute Gasteiger partial charge is 0.367 e. The molecule has 0 aliphatic carbocycles. The van der Waals surface area contributed by atoms with Crippen LogP contribution in [-0.2, 0) is 6.42 Å². The predicted octanol–water partition coefficient (Wildman–Crippen LogP) is 0.727. The molecule has 0 aliphatic heterocycles. The number of nitrogens with zero attached hydrogens (tertiary/aromatic N) is 1. The van der Waals surface area contributed by atoms with Crippen molar-refractivity contribution in [2.75, 3.05) is 11.9 Å². The van der Waals surface area contributed by atoms with E-state index in [1.54, 1.807) is 0 Å². The molecule has 0 aromatic carbocycles. The lowest BCUT2D eigenvalue weighted by Gasteiger charge is -2.20. The van der Waals surface area contributed by atoms with E-state index < -0.39 is 0 Å². The van der Waals surface area contributed by atoms with Crippen LogP contribution in [0.3, 0.4) is 0 Å². The lowest BCUT2D eigenvalue weighted by Crippen LogP contribution is -2.30. The van der Waals surface area contributed by atoms with Crippen molar-refractivity contribution in [3.05, 3.63) is 22.2 Å². The molecule has 0 fully saturated rings. The summed E-state index contributed by atoms with van der Waals surface area (Å²) in [5, 5.41) is 3.20. The maximum absolute atomic E-state index is 11.3. The van der Waals surface area contributed by atoms with E-state index in [-0.39, 0.29) is 11.6 Å². The Morgan fingerprint density at radius 1 is 1.56 bits per heavy atom. The highest BCUT2D eigenvalue weighted by molar-refractivity contribution is 5.34. The molecule has 0 spiro atoms. The van der Waals surface area contributed by atoms with Crippen molar-refractivity contribution in [3.8, 4) is 0 Å². The molecule has 0 aliphatic rings. The quantitative estimate of drug-likeness (QED) is 0.688. The van der Waals surface area contributed by atoms with E-state index in [0.717, 1.165) is 0 Å². The third kappa shape index (κ3) is 3.34. The van der Waals surface area contributed by atoms with E-state index in [0.29, 0.717) is 30.5 Å². The molecule has 1 aromatic heterocycles. The average Bonchev–Trinajstić information content (AvgIpc) is 2.26. The maximum atomic E-state index is 11.3. The van der Waals surface area contributed by atoms with Gasteiger partial charge in [-0.15, -0.1) is 0 Å². The number of nitrogens with one attached hydrogen (secondary N) is 2. The molecule has 2 atom stereocenters. The summed E-state index contributed by atoms with van der Waals surface area (Å²) in [4.78, 5) is 18.3. The van der Waals surface area contributed by atoms with Crippen LogP contribution in [0.25, 0.3) is 0 Å². The lowest BCUT2D eigenvalue weighted by molar-refractivity contribution is 0.519. The summed E-state index contributed by atoms with van der Waals surface area (Å²) in [6.45, 7) is 6.66. The number of rotatable bonds is 5. The van der Waals surface area contributed by atoms with Crippen molar-refractivity contribution in [1.29, 1.82) is 0 Å². The molecule has 5 heteroatoms. The Morgan fingerprint density at radius 3 is 2.81 bits per heavy atom. The molecule has 16 heavy (non-hydrogen) atoms. The number of anilines is 1. The van der Waals surface area contributed by atoms with Crippen molar-refractivity contribution >= 4 is 5.82 Å². The first kappa shape index (κ1) is 12.7. The van der Waals surface area contributed by atoms with Crippen LogP contribution < -0.4 is 16.6 Å². The van der Waals surface area contributed by atoms with Gasteiger partial charge in [-0.25, -0.2) is 4.98 Å². The summed E-state index contributed by atoms with van der Waals surface area (Å²) in [7, 11) is 0. The van der Waals surface area contributed by atoms with Gasteiger partial charge >= 0.3 is 0 Å². The van der Waals surface area contributed by atoms with E-state index in [1.807, 2.05) is 13.8 Å². The van der Waals surface area contributed by atoms with Crippen LogP contribution in [0.2, 0.25) is 0 Å². The van der Waals surface area contributed by atoms with Crippen molar-refractivity contribution in [2.45, 2.75) is 33.2 Å². The topological polar surface area (TPSA) is 83.8 Å². The SMILES string of the molecule is CCc1nc(NC(C)C(C)CN)cc(=O)[nH]1. The Morgan fingerprint density at radius 2 is 2.25 bits per heavy atom. The highest BCUT2D eigenvalue weighted by Gasteiger charge is 2.11. The molecule has 1 heterocycles. The number of hydrogen-bond acceptors (Lipinski definition) is 4. The summed E-state index contributed by atoms with van der Waals surface area (Å²) in [5.41, 5.74) is 5.46. The van der Waals surface area contributed by atoms with Gasteiger partial charge in [0, 0.05) is 18.5 Å². The standard InChI is InChI=1S/C11H20N4O/c1-4-9-14-10(5-11(16)15-9)13-8(3)7(2)6-12/h5,7-8H,4,6,12H2,1-3H3,(H2,13,14,15,16). The van der Waals surface area contributed by atoms with Crippen LogP contribution in [0.4, 0.5) is 5.82 Å². The minimum atomic E-state index is -0.123. The highest BCUT2D eigenvalue weighted by atomic mass is 16.1. The Kier molecular flexibility index (Phi) is 4.49. The van der Waals surface area contributed by atoms with Crippen LogP contribution >= 0.6 is 0 Å². The zero-order valence-corrected chi connectivity index (χ0v) is 10.1.